The Morgan fingerprint density at radius 3 is 2.00 bits per heavy atom. The first-order valence-corrected chi connectivity index (χ1v) is 5.87. The summed E-state index contributed by atoms with van der Waals surface area (Å²) in [7, 11) is 4.30. The van der Waals surface area contributed by atoms with Crippen LogP contribution in [0.25, 0.3) is 5.69 Å². The fourth-order valence-electron chi connectivity index (χ4n) is 1.93. The van der Waals surface area contributed by atoms with Crippen LogP contribution in [0.5, 0.6) is 23.1 Å². The van der Waals surface area contributed by atoms with Crippen molar-refractivity contribution in [2.75, 3.05) is 21.3 Å². The number of hydrogen-bond donors (Lipinski definition) is 2. The summed E-state index contributed by atoms with van der Waals surface area (Å²) in [5, 5.41) is 9.81. The summed E-state index contributed by atoms with van der Waals surface area (Å²) in [6.45, 7) is 0. The van der Waals surface area contributed by atoms with E-state index in [1.165, 1.54) is 33.5 Å². The van der Waals surface area contributed by atoms with E-state index >= 15 is 0 Å². The van der Waals surface area contributed by atoms with E-state index in [2.05, 4.69) is 4.98 Å². The van der Waals surface area contributed by atoms with E-state index in [0.29, 0.717) is 17.2 Å². The monoisotopic (exact) mass is 294 g/mol. The van der Waals surface area contributed by atoms with Gasteiger partial charge in [-0.25, -0.2) is 9.36 Å². The standard InChI is InChI=1S/C13H14N2O6/c1-19-8-4-7(5-9(20-2)12(8)21-3)15-11(17)6-10(16)14-13(15)18/h4-6,17H,1-3H3,(H,14,16,18). The van der Waals surface area contributed by atoms with Crippen LogP contribution in [0.15, 0.2) is 27.8 Å². The minimum Gasteiger partial charge on any atom is -0.494 e. The molecular weight excluding hydrogens is 280 g/mol. The van der Waals surface area contributed by atoms with Crippen molar-refractivity contribution < 1.29 is 19.3 Å². The van der Waals surface area contributed by atoms with Gasteiger partial charge >= 0.3 is 5.69 Å². The van der Waals surface area contributed by atoms with Gasteiger partial charge in [0.2, 0.25) is 11.6 Å². The van der Waals surface area contributed by atoms with Crippen molar-refractivity contribution in [2.45, 2.75) is 0 Å². The van der Waals surface area contributed by atoms with Gasteiger partial charge in [-0.1, -0.05) is 0 Å². The molecule has 1 aromatic carbocycles. The number of methoxy groups -OCH3 is 3. The molecule has 0 saturated heterocycles. The number of hydrogen-bond acceptors (Lipinski definition) is 6. The summed E-state index contributed by atoms with van der Waals surface area (Å²) in [5.41, 5.74) is -1.22. The topological polar surface area (TPSA) is 103 Å². The first-order chi connectivity index (χ1) is 10.0. The van der Waals surface area contributed by atoms with E-state index in [9.17, 15) is 14.7 Å². The molecule has 1 aromatic heterocycles. The van der Waals surface area contributed by atoms with E-state index in [-0.39, 0.29) is 5.69 Å². The van der Waals surface area contributed by atoms with Gasteiger partial charge in [-0.3, -0.25) is 9.78 Å². The smallest absolute Gasteiger partial charge is 0.335 e. The van der Waals surface area contributed by atoms with E-state index in [1.807, 2.05) is 0 Å². The zero-order chi connectivity index (χ0) is 15.6. The summed E-state index contributed by atoms with van der Waals surface area (Å²) in [4.78, 5) is 25.1. The zero-order valence-corrected chi connectivity index (χ0v) is 11.7. The van der Waals surface area contributed by atoms with Gasteiger partial charge < -0.3 is 19.3 Å². The van der Waals surface area contributed by atoms with Gasteiger partial charge in [0.25, 0.3) is 5.56 Å². The number of ether oxygens (including phenoxy) is 3. The zero-order valence-electron chi connectivity index (χ0n) is 11.7. The molecule has 21 heavy (non-hydrogen) atoms. The summed E-state index contributed by atoms with van der Waals surface area (Å²) < 4.78 is 16.4. The lowest BCUT2D eigenvalue weighted by molar-refractivity contribution is 0.324. The summed E-state index contributed by atoms with van der Waals surface area (Å²) in [6.07, 6.45) is 0. The van der Waals surface area contributed by atoms with Gasteiger partial charge in [-0.2, -0.15) is 0 Å². The fraction of sp³-hybridized carbons (Fsp3) is 0.231. The molecule has 2 N–H and O–H groups in total. The Labute approximate surface area is 119 Å². The van der Waals surface area contributed by atoms with Crippen molar-refractivity contribution in [1.29, 1.82) is 0 Å². The van der Waals surface area contributed by atoms with Crippen molar-refractivity contribution in [3.63, 3.8) is 0 Å². The quantitative estimate of drug-likeness (QED) is 0.838. The van der Waals surface area contributed by atoms with Crippen LogP contribution in [0.4, 0.5) is 0 Å². The van der Waals surface area contributed by atoms with Gasteiger partial charge in [0, 0.05) is 12.1 Å². The predicted octanol–water partition coefficient (Wildman–Crippen LogP) is 0.257. The molecule has 0 radical (unpaired) electrons. The molecule has 0 bridgehead atoms. The maximum absolute atomic E-state index is 11.8. The largest absolute Gasteiger partial charge is 0.494 e. The second-order valence-electron chi connectivity index (χ2n) is 4.02. The van der Waals surface area contributed by atoms with Crippen molar-refractivity contribution in [1.82, 2.24) is 9.55 Å². The first-order valence-electron chi connectivity index (χ1n) is 5.87. The second kappa shape index (κ2) is 5.61. The average molecular weight is 294 g/mol. The van der Waals surface area contributed by atoms with Crippen LogP contribution in [0.3, 0.4) is 0 Å². The Morgan fingerprint density at radius 2 is 1.57 bits per heavy atom. The number of aromatic nitrogens is 2. The molecule has 0 atom stereocenters. The van der Waals surface area contributed by atoms with Crippen molar-refractivity contribution in [2.24, 2.45) is 0 Å². The van der Waals surface area contributed by atoms with Gasteiger partial charge in [-0.05, 0) is 0 Å². The Hall–Kier alpha value is -2.90. The molecule has 0 spiro atoms. The minimum absolute atomic E-state index is 0.253. The molecule has 0 aliphatic carbocycles. The van der Waals surface area contributed by atoms with E-state index in [1.54, 1.807) is 0 Å². The number of aromatic amines is 1. The van der Waals surface area contributed by atoms with Crippen molar-refractivity contribution >= 4 is 0 Å². The Morgan fingerprint density at radius 1 is 1.00 bits per heavy atom. The van der Waals surface area contributed by atoms with Crippen LogP contribution in [-0.4, -0.2) is 36.0 Å². The molecule has 0 unspecified atom stereocenters. The summed E-state index contributed by atoms with van der Waals surface area (Å²) >= 11 is 0. The maximum atomic E-state index is 11.8. The highest BCUT2D eigenvalue weighted by Gasteiger charge is 2.16. The van der Waals surface area contributed by atoms with Crippen LogP contribution < -0.4 is 25.5 Å². The third-order valence-corrected chi connectivity index (χ3v) is 2.83. The average Bonchev–Trinajstić information content (AvgIpc) is 2.44. The number of rotatable bonds is 4. The molecule has 8 nitrogen and oxygen atoms in total. The fourth-order valence-corrected chi connectivity index (χ4v) is 1.93. The second-order valence-corrected chi connectivity index (χ2v) is 4.02. The number of aromatic hydroxyl groups is 1. The van der Waals surface area contributed by atoms with Crippen molar-refractivity contribution in [3.8, 4) is 28.8 Å². The molecule has 112 valence electrons. The lowest BCUT2D eigenvalue weighted by Crippen LogP contribution is -2.28. The van der Waals surface area contributed by atoms with Gasteiger partial charge in [0.05, 0.1) is 33.1 Å². The Kier molecular flexibility index (Phi) is 3.88. The Balaban J connectivity index is 2.77. The highest BCUT2D eigenvalue weighted by atomic mass is 16.5. The predicted molar refractivity (Wildman–Crippen MR) is 74.0 cm³/mol. The normalized spacial score (nSPS) is 10.2. The molecule has 2 aromatic rings. The van der Waals surface area contributed by atoms with Crippen molar-refractivity contribution in [3.05, 3.63) is 39.0 Å². The van der Waals surface area contributed by atoms with Gasteiger partial charge in [0.1, 0.15) is 0 Å². The molecular formula is C13H14N2O6. The highest BCUT2D eigenvalue weighted by molar-refractivity contribution is 5.58. The molecule has 2 rings (SSSR count). The van der Waals surface area contributed by atoms with Gasteiger partial charge in [0.15, 0.2) is 11.5 Å². The number of benzene rings is 1. The summed E-state index contributed by atoms with van der Waals surface area (Å²) in [6, 6.07) is 3.84. The van der Waals surface area contributed by atoms with E-state index in [0.717, 1.165) is 10.6 Å². The molecule has 0 aliphatic rings. The van der Waals surface area contributed by atoms with Gasteiger partial charge in [-0.15, -0.1) is 0 Å². The molecule has 0 aliphatic heterocycles. The summed E-state index contributed by atoms with van der Waals surface area (Å²) in [5.74, 6) is 0.465. The number of nitrogens with zero attached hydrogens (tertiary/aromatic N) is 1. The number of H-pyrrole nitrogens is 1. The Bertz CT molecular complexity index is 752. The van der Waals surface area contributed by atoms with Crippen LogP contribution in [0.2, 0.25) is 0 Å². The van der Waals surface area contributed by atoms with Crippen LogP contribution in [0.1, 0.15) is 0 Å². The number of nitrogens with one attached hydrogen (secondary N) is 1. The van der Waals surface area contributed by atoms with Crippen LogP contribution in [-0.2, 0) is 0 Å². The van der Waals surface area contributed by atoms with Crippen LogP contribution in [0, 0.1) is 0 Å². The minimum atomic E-state index is -0.783. The molecule has 1 heterocycles. The van der Waals surface area contributed by atoms with Crippen LogP contribution >= 0.6 is 0 Å². The third kappa shape index (κ3) is 2.55. The van der Waals surface area contributed by atoms with E-state index in [4.69, 9.17) is 14.2 Å². The highest BCUT2D eigenvalue weighted by Crippen LogP contribution is 2.39. The SMILES string of the molecule is COc1cc(-n2c(O)cc(=O)[nH]c2=O)cc(OC)c1OC. The lowest BCUT2D eigenvalue weighted by atomic mass is 10.2. The third-order valence-electron chi connectivity index (χ3n) is 2.83. The van der Waals surface area contributed by atoms with E-state index < -0.39 is 17.1 Å². The lowest BCUT2D eigenvalue weighted by Gasteiger charge is -2.15. The molecule has 0 fully saturated rings. The first kappa shape index (κ1) is 14.5. The molecule has 0 saturated carbocycles. The molecule has 0 amide bonds. The molecule has 8 heteroatoms. The maximum Gasteiger partial charge on any atom is 0.335 e.